The molecule has 86 valence electrons. The lowest BCUT2D eigenvalue weighted by Crippen LogP contribution is -2.13. The second-order valence-electron chi connectivity index (χ2n) is 3.56. The van der Waals surface area contributed by atoms with E-state index in [1.807, 2.05) is 19.3 Å². The van der Waals surface area contributed by atoms with Gasteiger partial charge >= 0.3 is 0 Å². The molecule has 0 fully saturated rings. The molecule has 0 spiro atoms. The summed E-state index contributed by atoms with van der Waals surface area (Å²) in [4.78, 5) is 4.25. The zero-order valence-corrected chi connectivity index (χ0v) is 9.47. The van der Waals surface area contributed by atoms with Crippen LogP contribution in [0.2, 0.25) is 0 Å². The van der Waals surface area contributed by atoms with Crippen molar-refractivity contribution < 1.29 is 4.52 Å². The van der Waals surface area contributed by atoms with E-state index in [1.54, 1.807) is 4.68 Å². The largest absolute Gasteiger partial charge is 0.337 e. The summed E-state index contributed by atoms with van der Waals surface area (Å²) in [5, 5.41) is 11.3. The molecule has 2 aromatic rings. The molecule has 16 heavy (non-hydrogen) atoms. The summed E-state index contributed by atoms with van der Waals surface area (Å²) >= 11 is 0. The standard InChI is InChI=1S/C10H15N5O/c1-3-5-11-7-9-12-10(14-16-9)8-4-6-15(2)13-8/h4,6,11H,3,5,7H2,1-2H3. The smallest absolute Gasteiger partial charge is 0.240 e. The highest BCUT2D eigenvalue weighted by atomic mass is 16.5. The minimum absolute atomic E-state index is 0.536. The normalized spacial score (nSPS) is 10.9. The summed E-state index contributed by atoms with van der Waals surface area (Å²) in [6.07, 6.45) is 2.93. The average Bonchev–Trinajstić information content (AvgIpc) is 2.87. The van der Waals surface area contributed by atoms with Gasteiger partial charge in [0.05, 0.1) is 6.54 Å². The molecule has 0 amide bonds. The van der Waals surface area contributed by atoms with E-state index in [9.17, 15) is 0 Å². The molecule has 6 heteroatoms. The Balaban J connectivity index is 2.02. The molecule has 2 rings (SSSR count). The third-order valence-corrected chi connectivity index (χ3v) is 2.11. The molecule has 0 aliphatic heterocycles. The van der Waals surface area contributed by atoms with Gasteiger partial charge in [0, 0.05) is 13.2 Å². The average molecular weight is 221 g/mol. The molecule has 0 aromatic carbocycles. The predicted molar refractivity (Wildman–Crippen MR) is 58.5 cm³/mol. The molecule has 0 saturated carbocycles. The number of rotatable bonds is 5. The number of aryl methyl sites for hydroxylation is 1. The molecule has 2 aromatic heterocycles. The van der Waals surface area contributed by atoms with Crippen molar-refractivity contribution in [3.05, 3.63) is 18.2 Å². The van der Waals surface area contributed by atoms with Crippen LogP contribution in [0.1, 0.15) is 19.2 Å². The summed E-state index contributed by atoms with van der Waals surface area (Å²) in [7, 11) is 1.85. The van der Waals surface area contributed by atoms with Crippen molar-refractivity contribution in [3.8, 4) is 11.5 Å². The summed E-state index contributed by atoms with van der Waals surface area (Å²) in [6, 6.07) is 1.86. The van der Waals surface area contributed by atoms with Crippen molar-refractivity contribution in [2.45, 2.75) is 19.9 Å². The van der Waals surface area contributed by atoms with Crippen molar-refractivity contribution in [2.75, 3.05) is 6.54 Å². The lowest BCUT2D eigenvalue weighted by atomic mass is 10.4. The van der Waals surface area contributed by atoms with Gasteiger partial charge in [-0.3, -0.25) is 4.68 Å². The maximum Gasteiger partial charge on any atom is 0.240 e. The molecule has 1 N–H and O–H groups in total. The summed E-state index contributed by atoms with van der Waals surface area (Å²) in [5.41, 5.74) is 0.730. The zero-order chi connectivity index (χ0) is 11.4. The Morgan fingerprint density at radius 3 is 3.06 bits per heavy atom. The van der Waals surface area contributed by atoms with Crippen molar-refractivity contribution >= 4 is 0 Å². The van der Waals surface area contributed by atoms with E-state index in [4.69, 9.17) is 4.52 Å². The van der Waals surface area contributed by atoms with Gasteiger partial charge in [0.25, 0.3) is 0 Å². The van der Waals surface area contributed by atoms with Crippen LogP contribution in [-0.2, 0) is 13.6 Å². The Bertz CT molecular complexity index is 448. The molecule has 0 bridgehead atoms. The van der Waals surface area contributed by atoms with Gasteiger partial charge in [-0.15, -0.1) is 0 Å². The maximum absolute atomic E-state index is 5.10. The van der Waals surface area contributed by atoms with Crippen LogP contribution >= 0.6 is 0 Å². The zero-order valence-electron chi connectivity index (χ0n) is 9.47. The van der Waals surface area contributed by atoms with E-state index in [2.05, 4.69) is 27.5 Å². The van der Waals surface area contributed by atoms with Gasteiger partial charge in [0.1, 0.15) is 5.69 Å². The molecule has 0 atom stereocenters. The van der Waals surface area contributed by atoms with Gasteiger partial charge in [-0.25, -0.2) is 0 Å². The minimum Gasteiger partial charge on any atom is -0.337 e. The quantitative estimate of drug-likeness (QED) is 0.762. The minimum atomic E-state index is 0.536. The molecule has 6 nitrogen and oxygen atoms in total. The highest BCUT2D eigenvalue weighted by molar-refractivity contribution is 5.46. The fraction of sp³-hybridized carbons (Fsp3) is 0.500. The Labute approximate surface area is 93.7 Å². The van der Waals surface area contributed by atoms with Crippen LogP contribution in [0.4, 0.5) is 0 Å². The van der Waals surface area contributed by atoms with E-state index in [1.165, 1.54) is 0 Å². The van der Waals surface area contributed by atoms with E-state index < -0.39 is 0 Å². The first-order valence-electron chi connectivity index (χ1n) is 5.33. The molecule has 2 heterocycles. The molecule has 0 aliphatic rings. The highest BCUT2D eigenvalue weighted by Crippen LogP contribution is 2.11. The molecule has 0 unspecified atom stereocenters. The topological polar surface area (TPSA) is 68.8 Å². The van der Waals surface area contributed by atoms with Crippen LogP contribution < -0.4 is 5.32 Å². The fourth-order valence-electron chi connectivity index (χ4n) is 1.34. The number of nitrogens with zero attached hydrogens (tertiary/aromatic N) is 4. The number of hydrogen-bond donors (Lipinski definition) is 1. The third-order valence-electron chi connectivity index (χ3n) is 2.11. The van der Waals surface area contributed by atoms with Crippen molar-refractivity contribution in [1.29, 1.82) is 0 Å². The van der Waals surface area contributed by atoms with Crippen LogP contribution in [0.3, 0.4) is 0 Å². The first kappa shape index (κ1) is 10.8. The Hall–Kier alpha value is -1.69. The van der Waals surface area contributed by atoms with Gasteiger partial charge in [0.15, 0.2) is 0 Å². The Morgan fingerprint density at radius 2 is 2.38 bits per heavy atom. The van der Waals surface area contributed by atoms with Gasteiger partial charge in [-0.1, -0.05) is 12.1 Å². The Kier molecular flexibility index (Phi) is 3.31. The van der Waals surface area contributed by atoms with Crippen LogP contribution in [0.25, 0.3) is 11.5 Å². The van der Waals surface area contributed by atoms with Crippen molar-refractivity contribution in [1.82, 2.24) is 25.2 Å². The predicted octanol–water partition coefficient (Wildman–Crippen LogP) is 0.970. The van der Waals surface area contributed by atoms with Crippen molar-refractivity contribution in [2.24, 2.45) is 7.05 Å². The maximum atomic E-state index is 5.10. The first-order chi connectivity index (χ1) is 7.79. The second kappa shape index (κ2) is 4.89. The molecule has 0 aliphatic carbocycles. The summed E-state index contributed by atoms with van der Waals surface area (Å²) in [5.74, 6) is 1.13. The monoisotopic (exact) mass is 221 g/mol. The third kappa shape index (κ3) is 2.46. The van der Waals surface area contributed by atoms with E-state index in [0.29, 0.717) is 18.3 Å². The lowest BCUT2D eigenvalue weighted by Gasteiger charge is -1.95. The van der Waals surface area contributed by atoms with Crippen LogP contribution in [0.15, 0.2) is 16.8 Å². The van der Waals surface area contributed by atoms with Crippen LogP contribution in [0, 0.1) is 0 Å². The van der Waals surface area contributed by atoms with E-state index in [0.717, 1.165) is 18.7 Å². The SMILES string of the molecule is CCCNCc1nc(-c2ccn(C)n2)no1. The lowest BCUT2D eigenvalue weighted by molar-refractivity contribution is 0.368. The number of hydrogen-bond acceptors (Lipinski definition) is 5. The van der Waals surface area contributed by atoms with Gasteiger partial charge < -0.3 is 9.84 Å². The Morgan fingerprint density at radius 1 is 1.50 bits per heavy atom. The molecule has 0 radical (unpaired) electrons. The van der Waals surface area contributed by atoms with Crippen LogP contribution in [0.5, 0.6) is 0 Å². The molecular formula is C10H15N5O. The second-order valence-corrected chi connectivity index (χ2v) is 3.56. The van der Waals surface area contributed by atoms with Gasteiger partial charge in [-0.2, -0.15) is 10.1 Å². The summed E-state index contributed by atoms with van der Waals surface area (Å²) < 4.78 is 6.81. The first-order valence-corrected chi connectivity index (χ1v) is 5.33. The molecular weight excluding hydrogens is 206 g/mol. The van der Waals surface area contributed by atoms with Gasteiger partial charge in [-0.05, 0) is 19.0 Å². The van der Waals surface area contributed by atoms with Gasteiger partial charge in [0.2, 0.25) is 11.7 Å². The summed E-state index contributed by atoms with van der Waals surface area (Å²) in [6.45, 7) is 3.66. The number of nitrogens with one attached hydrogen (secondary N) is 1. The van der Waals surface area contributed by atoms with E-state index in [-0.39, 0.29) is 0 Å². The van der Waals surface area contributed by atoms with E-state index >= 15 is 0 Å². The molecule has 0 saturated heterocycles. The fourth-order valence-corrected chi connectivity index (χ4v) is 1.34. The van der Waals surface area contributed by atoms with Crippen LogP contribution in [-0.4, -0.2) is 26.5 Å². The van der Waals surface area contributed by atoms with Crippen molar-refractivity contribution in [3.63, 3.8) is 0 Å². The number of aromatic nitrogens is 4. The highest BCUT2D eigenvalue weighted by Gasteiger charge is 2.09.